The van der Waals surface area contributed by atoms with Crippen LogP contribution in [0.5, 0.6) is 5.75 Å². The average molecular weight is 458 g/mol. The van der Waals surface area contributed by atoms with E-state index < -0.39 is 0 Å². The molecule has 4 nitrogen and oxygen atoms in total. The van der Waals surface area contributed by atoms with Gasteiger partial charge in [-0.25, -0.2) is 0 Å². The van der Waals surface area contributed by atoms with Crippen molar-refractivity contribution in [3.8, 4) is 5.75 Å². The van der Waals surface area contributed by atoms with Gasteiger partial charge in [0.1, 0.15) is 18.5 Å². The lowest BCUT2D eigenvalue weighted by Crippen LogP contribution is -2.42. The van der Waals surface area contributed by atoms with Crippen molar-refractivity contribution in [2.45, 2.75) is 12.7 Å². The summed E-state index contributed by atoms with van der Waals surface area (Å²) in [4.78, 5) is 16.0. The maximum Gasteiger partial charge on any atom is 0.254 e. The van der Waals surface area contributed by atoms with E-state index in [9.17, 15) is 4.79 Å². The summed E-state index contributed by atoms with van der Waals surface area (Å²) < 4.78 is 12.8. The van der Waals surface area contributed by atoms with Crippen molar-refractivity contribution in [1.29, 1.82) is 0 Å². The van der Waals surface area contributed by atoms with E-state index in [2.05, 4.69) is 15.9 Å². The summed E-state index contributed by atoms with van der Waals surface area (Å²) in [5.74, 6) is 0.712. The molecular weight excluding hydrogens is 438 g/mol. The van der Waals surface area contributed by atoms with Crippen molar-refractivity contribution in [3.05, 3.63) is 86.5 Å². The van der Waals surface area contributed by atoms with Crippen LogP contribution in [0.2, 0.25) is 0 Å². The lowest BCUT2D eigenvalue weighted by molar-refractivity contribution is -0.0228. The van der Waals surface area contributed by atoms with Crippen molar-refractivity contribution in [2.75, 3.05) is 19.7 Å². The number of nitrogens with zero attached hydrogens (tertiary/aromatic N) is 1. The number of thiophene rings is 1. The number of benzene rings is 2. The molecule has 1 atom stereocenters. The number of hydrogen-bond acceptors (Lipinski definition) is 4. The molecule has 2 heterocycles. The van der Waals surface area contributed by atoms with Gasteiger partial charge in [-0.2, -0.15) is 0 Å². The topological polar surface area (TPSA) is 38.8 Å². The SMILES string of the molecule is O=C(c1cccc(OCc2cccs2)c1)N1CCOC(c2ccc(Br)cc2)C1. The minimum absolute atomic E-state index is 0.00647. The van der Waals surface area contributed by atoms with Crippen LogP contribution in [0.25, 0.3) is 0 Å². The Labute approximate surface area is 176 Å². The van der Waals surface area contributed by atoms with Crippen LogP contribution < -0.4 is 4.74 Å². The third kappa shape index (κ3) is 4.63. The average Bonchev–Trinajstić information content (AvgIpc) is 3.26. The summed E-state index contributed by atoms with van der Waals surface area (Å²) in [6.07, 6.45) is -0.107. The van der Waals surface area contributed by atoms with Crippen molar-refractivity contribution < 1.29 is 14.3 Å². The minimum Gasteiger partial charge on any atom is -0.488 e. The van der Waals surface area contributed by atoms with E-state index in [-0.39, 0.29) is 12.0 Å². The number of amides is 1. The zero-order valence-corrected chi connectivity index (χ0v) is 17.6. The van der Waals surface area contributed by atoms with Crippen LogP contribution in [0.3, 0.4) is 0 Å². The van der Waals surface area contributed by atoms with Crippen LogP contribution >= 0.6 is 27.3 Å². The van der Waals surface area contributed by atoms with Crippen molar-refractivity contribution in [3.63, 3.8) is 0 Å². The number of hydrogen-bond donors (Lipinski definition) is 0. The van der Waals surface area contributed by atoms with Crippen LogP contribution in [-0.4, -0.2) is 30.5 Å². The summed E-state index contributed by atoms with van der Waals surface area (Å²) in [6, 6.07) is 19.5. The fraction of sp³-hybridized carbons (Fsp3) is 0.227. The first-order valence-corrected chi connectivity index (χ1v) is 10.8. The van der Waals surface area contributed by atoms with E-state index >= 15 is 0 Å². The standard InChI is InChI=1S/C22H20BrNO3S/c23-18-8-6-16(7-9-18)21-14-24(10-11-26-21)22(25)17-3-1-4-19(13-17)27-15-20-5-2-12-28-20/h1-9,12-13,21H,10-11,14-15H2. The predicted molar refractivity (Wildman–Crippen MR) is 114 cm³/mol. The minimum atomic E-state index is -0.107. The zero-order chi connectivity index (χ0) is 19.3. The van der Waals surface area contributed by atoms with E-state index in [1.54, 1.807) is 11.3 Å². The van der Waals surface area contributed by atoms with Gasteiger partial charge >= 0.3 is 0 Å². The Morgan fingerprint density at radius 2 is 2.04 bits per heavy atom. The summed E-state index contributed by atoms with van der Waals surface area (Å²) in [5, 5.41) is 2.03. The Morgan fingerprint density at radius 3 is 2.82 bits per heavy atom. The molecule has 6 heteroatoms. The highest BCUT2D eigenvalue weighted by Gasteiger charge is 2.26. The maximum atomic E-state index is 13.0. The first-order chi connectivity index (χ1) is 13.7. The Balaban J connectivity index is 1.43. The molecule has 0 bridgehead atoms. The molecule has 28 heavy (non-hydrogen) atoms. The van der Waals surface area contributed by atoms with Crippen LogP contribution in [0, 0.1) is 0 Å². The van der Waals surface area contributed by atoms with Crippen LogP contribution in [-0.2, 0) is 11.3 Å². The monoisotopic (exact) mass is 457 g/mol. The molecule has 0 aliphatic carbocycles. The van der Waals surface area contributed by atoms with E-state index in [0.29, 0.717) is 37.6 Å². The largest absolute Gasteiger partial charge is 0.488 e. The third-order valence-corrected chi connectivity index (χ3v) is 6.02. The van der Waals surface area contributed by atoms with E-state index in [0.717, 1.165) is 14.9 Å². The number of carbonyl (C=O) groups excluding carboxylic acids is 1. The van der Waals surface area contributed by atoms with Gasteiger partial charge in [-0.1, -0.05) is 40.2 Å². The second-order valence-corrected chi connectivity index (χ2v) is 8.51. The molecular formula is C22H20BrNO3S. The Bertz CT molecular complexity index is 927. The lowest BCUT2D eigenvalue weighted by Gasteiger charge is -2.33. The molecule has 144 valence electrons. The van der Waals surface area contributed by atoms with Crippen LogP contribution in [0.15, 0.2) is 70.5 Å². The van der Waals surface area contributed by atoms with Gasteiger partial charge in [0, 0.05) is 21.5 Å². The first kappa shape index (κ1) is 19.2. The van der Waals surface area contributed by atoms with Gasteiger partial charge in [0.15, 0.2) is 0 Å². The highest BCUT2D eigenvalue weighted by Crippen LogP contribution is 2.25. The van der Waals surface area contributed by atoms with E-state index in [4.69, 9.17) is 9.47 Å². The van der Waals surface area contributed by atoms with Gasteiger partial charge in [-0.3, -0.25) is 4.79 Å². The molecule has 1 unspecified atom stereocenters. The number of halogens is 1. The third-order valence-electron chi connectivity index (χ3n) is 4.64. The second kappa shape index (κ2) is 8.90. The van der Waals surface area contributed by atoms with Crippen molar-refractivity contribution in [1.82, 2.24) is 4.90 Å². The van der Waals surface area contributed by atoms with Gasteiger partial charge in [0.2, 0.25) is 0 Å². The fourth-order valence-electron chi connectivity index (χ4n) is 3.16. The van der Waals surface area contributed by atoms with Crippen LogP contribution in [0.4, 0.5) is 0 Å². The molecule has 4 rings (SSSR count). The highest BCUT2D eigenvalue weighted by molar-refractivity contribution is 9.10. The molecule has 0 spiro atoms. The summed E-state index contributed by atoms with van der Waals surface area (Å²) in [5.41, 5.74) is 1.72. The normalized spacial score (nSPS) is 16.8. The van der Waals surface area contributed by atoms with E-state index in [1.807, 2.05) is 70.9 Å². The van der Waals surface area contributed by atoms with Gasteiger partial charge in [-0.15, -0.1) is 11.3 Å². The molecule has 1 aromatic heterocycles. The Hall–Kier alpha value is -2.15. The predicted octanol–water partition coefficient (Wildman–Crippen LogP) is 5.30. The molecule has 2 aromatic carbocycles. The molecule has 1 saturated heterocycles. The highest BCUT2D eigenvalue weighted by atomic mass is 79.9. The summed E-state index contributed by atoms with van der Waals surface area (Å²) >= 11 is 5.11. The molecule has 0 radical (unpaired) electrons. The molecule has 0 saturated carbocycles. The number of morpholine rings is 1. The first-order valence-electron chi connectivity index (χ1n) is 9.10. The van der Waals surface area contributed by atoms with Gasteiger partial charge in [-0.05, 0) is 47.3 Å². The van der Waals surface area contributed by atoms with Crippen molar-refractivity contribution in [2.24, 2.45) is 0 Å². The Kier molecular flexibility index (Phi) is 6.10. The fourth-order valence-corrected chi connectivity index (χ4v) is 4.04. The Morgan fingerprint density at radius 1 is 1.18 bits per heavy atom. The number of ether oxygens (including phenoxy) is 2. The maximum absolute atomic E-state index is 13.0. The van der Waals surface area contributed by atoms with Gasteiger partial charge < -0.3 is 14.4 Å². The van der Waals surface area contributed by atoms with Crippen molar-refractivity contribution >= 4 is 33.2 Å². The number of rotatable bonds is 5. The molecule has 1 aliphatic rings. The van der Waals surface area contributed by atoms with Crippen LogP contribution in [0.1, 0.15) is 26.9 Å². The number of carbonyl (C=O) groups is 1. The van der Waals surface area contributed by atoms with E-state index in [1.165, 1.54) is 0 Å². The lowest BCUT2D eigenvalue weighted by atomic mass is 10.1. The molecule has 1 fully saturated rings. The summed E-state index contributed by atoms with van der Waals surface area (Å²) in [6.45, 7) is 2.17. The molecule has 1 amide bonds. The van der Waals surface area contributed by atoms with Gasteiger partial charge in [0.05, 0.1) is 13.2 Å². The molecule has 1 aliphatic heterocycles. The zero-order valence-electron chi connectivity index (χ0n) is 15.2. The molecule has 0 N–H and O–H groups in total. The summed E-state index contributed by atoms with van der Waals surface area (Å²) in [7, 11) is 0. The molecule has 3 aromatic rings. The second-order valence-electron chi connectivity index (χ2n) is 6.56. The van der Waals surface area contributed by atoms with Gasteiger partial charge in [0.25, 0.3) is 5.91 Å². The quantitative estimate of drug-likeness (QED) is 0.521. The smallest absolute Gasteiger partial charge is 0.254 e.